The lowest BCUT2D eigenvalue weighted by Crippen LogP contribution is -2.42. The van der Waals surface area contributed by atoms with Crippen LogP contribution in [0.15, 0.2) is 30.3 Å². The van der Waals surface area contributed by atoms with Gasteiger partial charge in [-0.3, -0.25) is 4.79 Å². The summed E-state index contributed by atoms with van der Waals surface area (Å²) in [7, 11) is 0. The van der Waals surface area contributed by atoms with E-state index >= 15 is 0 Å². The lowest BCUT2D eigenvalue weighted by Gasteiger charge is -2.32. The number of nitrogens with one attached hydrogen (secondary N) is 1. The van der Waals surface area contributed by atoms with Crippen LogP contribution in [0.1, 0.15) is 44.3 Å². The third kappa shape index (κ3) is 4.29. The van der Waals surface area contributed by atoms with Gasteiger partial charge in [0.15, 0.2) is 0 Å². The van der Waals surface area contributed by atoms with Crippen LogP contribution in [-0.4, -0.2) is 30.3 Å². The van der Waals surface area contributed by atoms with Gasteiger partial charge in [-0.15, -0.1) is 0 Å². The molecule has 1 fully saturated rings. The Kier molecular flexibility index (Phi) is 6.21. The van der Waals surface area contributed by atoms with E-state index in [0.29, 0.717) is 13.0 Å². The minimum absolute atomic E-state index is 0.0425. The molecule has 4 nitrogen and oxygen atoms in total. The number of carbonyl (C=O) groups is 1. The van der Waals surface area contributed by atoms with E-state index in [0.717, 1.165) is 24.8 Å². The summed E-state index contributed by atoms with van der Waals surface area (Å²) in [5.74, 6) is -0.0993. The predicted molar refractivity (Wildman–Crippen MR) is 81.8 cm³/mol. The van der Waals surface area contributed by atoms with E-state index in [9.17, 15) is 4.79 Å². The largest absolute Gasteiger partial charge is 0.396 e. The maximum Gasteiger partial charge on any atom is 0.226 e. The van der Waals surface area contributed by atoms with Gasteiger partial charge in [-0.2, -0.15) is 0 Å². The SMILES string of the molecule is CCC(CCO)NC(=O)C1CCCOC1c1ccccc1. The first-order valence-electron chi connectivity index (χ1n) is 7.84. The van der Waals surface area contributed by atoms with E-state index in [4.69, 9.17) is 9.84 Å². The molecule has 1 saturated heterocycles. The molecule has 2 N–H and O–H groups in total. The maximum absolute atomic E-state index is 12.6. The van der Waals surface area contributed by atoms with Gasteiger partial charge < -0.3 is 15.2 Å². The molecule has 21 heavy (non-hydrogen) atoms. The number of hydrogen-bond acceptors (Lipinski definition) is 3. The molecule has 0 spiro atoms. The summed E-state index contributed by atoms with van der Waals surface area (Å²) in [5.41, 5.74) is 1.06. The van der Waals surface area contributed by atoms with Crippen LogP contribution in [-0.2, 0) is 9.53 Å². The Balaban J connectivity index is 2.06. The molecule has 0 saturated carbocycles. The van der Waals surface area contributed by atoms with Crippen molar-refractivity contribution in [2.24, 2.45) is 5.92 Å². The van der Waals surface area contributed by atoms with Crippen molar-refractivity contribution in [3.8, 4) is 0 Å². The summed E-state index contributed by atoms with van der Waals surface area (Å²) in [6.07, 6.45) is 3.03. The molecule has 1 aromatic carbocycles. The summed E-state index contributed by atoms with van der Waals surface area (Å²) in [6.45, 7) is 2.83. The molecule has 1 heterocycles. The fourth-order valence-corrected chi connectivity index (χ4v) is 2.86. The van der Waals surface area contributed by atoms with Gasteiger partial charge >= 0.3 is 0 Å². The minimum atomic E-state index is -0.161. The Morgan fingerprint density at radius 2 is 2.19 bits per heavy atom. The monoisotopic (exact) mass is 291 g/mol. The molecule has 116 valence electrons. The highest BCUT2D eigenvalue weighted by Crippen LogP contribution is 2.33. The Bertz CT molecular complexity index is 435. The van der Waals surface area contributed by atoms with E-state index in [1.165, 1.54) is 0 Å². The third-order valence-electron chi connectivity index (χ3n) is 4.10. The number of benzene rings is 1. The normalized spacial score (nSPS) is 23.5. The van der Waals surface area contributed by atoms with Crippen LogP contribution in [0.2, 0.25) is 0 Å². The van der Waals surface area contributed by atoms with Crippen LogP contribution in [0.5, 0.6) is 0 Å². The Morgan fingerprint density at radius 1 is 1.43 bits per heavy atom. The molecule has 1 aliphatic rings. The number of aliphatic hydroxyl groups is 1. The van der Waals surface area contributed by atoms with Crippen molar-refractivity contribution in [2.75, 3.05) is 13.2 Å². The van der Waals surface area contributed by atoms with Crippen molar-refractivity contribution in [1.82, 2.24) is 5.32 Å². The highest BCUT2D eigenvalue weighted by molar-refractivity contribution is 5.79. The molecule has 4 heteroatoms. The number of ether oxygens (including phenoxy) is 1. The highest BCUT2D eigenvalue weighted by Gasteiger charge is 2.33. The van der Waals surface area contributed by atoms with E-state index in [-0.39, 0.29) is 30.6 Å². The zero-order valence-corrected chi connectivity index (χ0v) is 12.6. The number of amides is 1. The zero-order valence-electron chi connectivity index (χ0n) is 12.6. The molecule has 1 amide bonds. The first kappa shape index (κ1) is 16.0. The molecule has 0 bridgehead atoms. The van der Waals surface area contributed by atoms with Crippen molar-refractivity contribution in [1.29, 1.82) is 0 Å². The second-order valence-corrected chi connectivity index (χ2v) is 5.58. The van der Waals surface area contributed by atoms with Gasteiger partial charge in [0.1, 0.15) is 0 Å². The van der Waals surface area contributed by atoms with Crippen molar-refractivity contribution in [3.05, 3.63) is 35.9 Å². The summed E-state index contributed by atoms with van der Waals surface area (Å²) < 4.78 is 5.86. The summed E-state index contributed by atoms with van der Waals surface area (Å²) >= 11 is 0. The van der Waals surface area contributed by atoms with Crippen LogP contribution in [0, 0.1) is 5.92 Å². The lowest BCUT2D eigenvalue weighted by molar-refractivity contribution is -0.135. The first-order valence-corrected chi connectivity index (χ1v) is 7.84. The van der Waals surface area contributed by atoms with Crippen LogP contribution in [0.25, 0.3) is 0 Å². The molecule has 0 radical (unpaired) electrons. The van der Waals surface area contributed by atoms with Crippen LogP contribution in [0.3, 0.4) is 0 Å². The first-order chi connectivity index (χ1) is 10.3. The fourth-order valence-electron chi connectivity index (χ4n) is 2.86. The molecular formula is C17H25NO3. The Labute approximate surface area is 126 Å². The average molecular weight is 291 g/mol. The number of hydrogen-bond donors (Lipinski definition) is 2. The third-order valence-corrected chi connectivity index (χ3v) is 4.10. The van der Waals surface area contributed by atoms with Crippen molar-refractivity contribution in [3.63, 3.8) is 0 Å². The van der Waals surface area contributed by atoms with Crippen LogP contribution >= 0.6 is 0 Å². The van der Waals surface area contributed by atoms with Crippen LogP contribution in [0.4, 0.5) is 0 Å². The highest BCUT2D eigenvalue weighted by atomic mass is 16.5. The number of aliphatic hydroxyl groups excluding tert-OH is 1. The van der Waals surface area contributed by atoms with E-state index < -0.39 is 0 Å². The maximum atomic E-state index is 12.6. The van der Waals surface area contributed by atoms with E-state index in [1.807, 2.05) is 37.3 Å². The topological polar surface area (TPSA) is 58.6 Å². The van der Waals surface area contributed by atoms with Gasteiger partial charge in [-0.25, -0.2) is 0 Å². The van der Waals surface area contributed by atoms with E-state index in [1.54, 1.807) is 0 Å². The fraction of sp³-hybridized carbons (Fsp3) is 0.588. The Hall–Kier alpha value is -1.39. The van der Waals surface area contributed by atoms with E-state index in [2.05, 4.69) is 5.32 Å². The quantitative estimate of drug-likeness (QED) is 0.846. The van der Waals surface area contributed by atoms with Gasteiger partial charge in [-0.1, -0.05) is 37.3 Å². The second-order valence-electron chi connectivity index (χ2n) is 5.58. The second kappa shape index (κ2) is 8.15. The molecule has 3 atom stereocenters. The molecule has 3 unspecified atom stereocenters. The molecular weight excluding hydrogens is 266 g/mol. The Morgan fingerprint density at radius 3 is 2.86 bits per heavy atom. The lowest BCUT2D eigenvalue weighted by atomic mass is 9.88. The molecule has 2 rings (SSSR count). The smallest absolute Gasteiger partial charge is 0.226 e. The van der Waals surface area contributed by atoms with Crippen molar-refractivity contribution < 1.29 is 14.6 Å². The average Bonchev–Trinajstić information content (AvgIpc) is 2.55. The van der Waals surface area contributed by atoms with Gasteiger partial charge in [-0.05, 0) is 31.2 Å². The molecule has 0 aromatic heterocycles. The number of carbonyl (C=O) groups excluding carboxylic acids is 1. The van der Waals surface area contributed by atoms with Crippen molar-refractivity contribution >= 4 is 5.91 Å². The summed E-state index contributed by atoms with van der Waals surface area (Å²) in [4.78, 5) is 12.6. The van der Waals surface area contributed by atoms with Crippen molar-refractivity contribution in [2.45, 2.75) is 44.8 Å². The zero-order chi connectivity index (χ0) is 15.1. The summed E-state index contributed by atoms with van der Waals surface area (Å²) in [6, 6.07) is 9.99. The van der Waals surface area contributed by atoms with Gasteiger partial charge in [0.2, 0.25) is 5.91 Å². The molecule has 1 aliphatic heterocycles. The predicted octanol–water partition coefficient (Wildman–Crippen LogP) is 2.43. The van der Waals surface area contributed by atoms with Gasteiger partial charge in [0.25, 0.3) is 0 Å². The van der Waals surface area contributed by atoms with Gasteiger partial charge in [0, 0.05) is 19.3 Å². The minimum Gasteiger partial charge on any atom is -0.396 e. The van der Waals surface area contributed by atoms with Gasteiger partial charge in [0.05, 0.1) is 12.0 Å². The number of rotatable bonds is 6. The molecule has 1 aromatic rings. The van der Waals surface area contributed by atoms with Crippen LogP contribution < -0.4 is 5.32 Å². The molecule has 0 aliphatic carbocycles. The standard InChI is InChI=1S/C17H25NO3/c1-2-14(10-11-19)18-17(20)15-9-6-12-21-16(15)13-7-4-3-5-8-13/h3-5,7-8,14-16,19H,2,6,9-12H2,1H3,(H,18,20). The summed E-state index contributed by atoms with van der Waals surface area (Å²) in [5, 5.41) is 12.1.